The number of nitrogens with zero attached hydrogens (tertiary/aromatic N) is 2. The SMILES string of the molecule is COc1ccc(Cn2c(-c3ccc4c(c3)NC(=O)CO4)csc2=Nc2cccc(C)c2)cc1OC.[Cl-]. The number of carbonyl (C=O) groups excluding carboxylic acids is 1. The zero-order chi connectivity index (χ0) is 24.4. The molecule has 7 nitrogen and oxygen atoms in total. The van der Waals surface area contributed by atoms with Crippen molar-refractivity contribution in [2.75, 3.05) is 26.1 Å². The van der Waals surface area contributed by atoms with E-state index in [0.717, 1.165) is 32.9 Å². The summed E-state index contributed by atoms with van der Waals surface area (Å²) in [5.74, 6) is 1.86. The molecule has 1 N–H and O–H groups in total. The number of amides is 1. The van der Waals surface area contributed by atoms with Gasteiger partial charge in [-0.05, 0) is 60.5 Å². The molecule has 1 aromatic heterocycles. The van der Waals surface area contributed by atoms with Crippen molar-refractivity contribution in [3.8, 4) is 28.5 Å². The lowest BCUT2D eigenvalue weighted by atomic mass is 10.1. The normalized spacial score (nSPS) is 12.8. The lowest BCUT2D eigenvalue weighted by Crippen LogP contribution is -3.00. The topological polar surface area (TPSA) is 74.1 Å². The maximum Gasteiger partial charge on any atom is 0.262 e. The van der Waals surface area contributed by atoms with E-state index in [1.165, 1.54) is 0 Å². The van der Waals surface area contributed by atoms with Crippen LogP contribution in [-0.4, -0.2) is 31.3 Å². The minimum absolute atomic E-state index is 0. The van der Waals surface area contributed by atoms with Gasteiger partial charge in [-0.2, -0.15) is 0 Å². The van der Waals surface area contributed by atoms with Crippen molar-refractivity contribution in [3.05, 3.63) is 82.0 Å². The molecule has 1 amide bonds. The van der Waals surface area contributed by atoms with Crippen LogP contribution >= 0.6 is 11.3 Å². The van der Waals surface area contributed by atoms with E-state index in [0.29, 0.717) is 29.5 Å². The van der Waals surface area contributed by atoms with Crippen molar-refractivity contribution >= 4 is 28.6 Å². The minimum atomic E-state index is -0.159. The molecule has 5 rings (SSSR count). The van der Waals surface area contributed by atoms with E-state index < -0.39 is 0 Å². The van der Waals surface area contributed by atoms with E-state index >= 15 is 0 Å². The molecule has 0 saturated carbocycles. The zero-order valence-corrected chi connectivity index (χ0v) is 21.7. The van der Waals surface area contributed by atoms with Crippen molar-refractivity contribution in [1.82, 2.24) is 4.57 Å². The van der Waals surface area contributed by atoms with Gasteiger partial charge in [0.05, 0.1) is 37.8 Å². The first-order valence-electron chi connectivity index (χ1n) is 11.1. The van der Waals surface area contributed by atoms with Crippen LogP contribution in [0.25, 0.3) is 11.3 Å². The van der Waals surface area contributed by atoms with E-state index in [1.807, 2.05) is 48.5 Å². The molecule has 1 aliphatic heterocycles. The maximum absolute atomic E-state index is 11.9. The van der Waals surface area contributed by atoms with E-state index in [-0.39, 0.29) is 24.9 Å². The van der Waals surface area contributed by atoms with E-state index in [1.54, 1.807) is 25.6 Å². The first kappa shape index (κ1) is 25.3. The number of rotatable bonds is 6. The highest BCUT2D eigenvalue weighted by molar-refractivity contribution is 7.07. The predicted molar refractivity (Wildman–Crippen MR) is 137 cm³/mol. The molecule has 0 fully saturated rings. The number of ether oxygens (including phenoxy) is 3. The van der Waals surface area contributed by atoms with Gasteiger partial charge in [-0.1, -0.05) is 18.2 Å². The van der Waals surface area contributed by atoms with Gasteiger partial charge in [-0.25, -0.2) is 4.99 Å². The average molecular weight is 523 g/mol. The standard InChI is InChI=1S/C27H25N3O4S.ClH/c1-17-5-4-6-20(11-17)28-27-30(14-18-7-9-24(32-2)25(12-18)33-3)22(16-35-27)19-8-10-23-21(13-19)29-26(31)15-34-23;/h4-13,16H,14-15H2,1-3H3,(H,29,31);1H/p-1. The average Bonchev–Trinajstić information content (AvgIpc) is 3.25. The summed E-state index contributed by atoms with van der Waals surface area (Å²) in [6.45, 7) is 2.66. The number of methoxy groups -OCH3 is 2. The molecule has 1 aliphatic rings. The van der Waals surface area contributed by atoms with Gasteiger partial charge in [0.15, 0.2) is 22.9 Å². The second-order valence-corrected chi connectivity index (χ2v) is 9.01. The van der Waals surface area contributed by atoms with Crippen LogP contribution in [-0.2, 0) is 11.3 Å². The number of aromatic nitrogens is 1. The van der Waals surface area contributed by atoms with Gasteiger partial charge in [-0.15, -0.1) is 11.3 Å². The molecule has 2 heterocycles. The second-order valence-electron chi connectivity index (χ2n) is 8.18. The number of anilines is 1. The largest absolute Gasteiger partial charge is 1.00 e. The molecule has 0 atom stereocenters. The molecule has 9 heteroatoms. The first-order chi connectivity index (χ1) is 17.0. The highest BCUT2D eigenvalue weighted by atomic mass is 35.5. The van der Waals surface area contributed by atoms with Gasteiger partial charge in [-0.3, -0.25) is 4.79 Å². The lowest BCUT2D eigenvalue weighted by molar-refractivity contribution is -0.118. The number of thiazole rings is 1. The second kappa shape index (κ2) is 10.9. The number of hydrogen-bond acceptors (Lipinski definition) is 6. The zero-order valence-electron chi connectivity index (χ0n) is 20.1. The molecule has 0 radical (unpaired) electrons. The van der Waals surface area contributed by atoms with Crippen molar-refractivity contribution in [3.63, 3.8) is 0 Å². The monoisotopic (exact) mass is 522 g/mol. The van der Waals surface area contributed by atoms with Crippen LogP contribution in [0.4, 0.5) is 11.4 Å². The number of benzene rings is 3. The first-order valence-corrected chi connectivity index (χ1v) is 12.0. The van der Waals surface area contributed by atoms with E-state index in [9.17, 15) is 4.79 Å². The Balaban J connectivity index is 0.00000304. The van der Waals surface area contributed by atoms with Crippen LogP contribution < -0.4 is 36.7 Å². The summed E-state index contributed by atoms with van der Waals surface area (Å²) in [6.07, 6.45) is 0. The Morgan fingerprint density at radius 2 is 1.89 bits per heavy atom. The summed E-state index contributed by atoms with van der Waals surface area (Å²) in [4.78, 5) is 17.7. The van der Waals surface area contributed by atoms with Crippen molar-refractivity contribution in [2.24, 2.45) is 4.99 Å². The van der Waals surface area contributed by atoms with Gasteiger partial charge in [0.25, 0.3) is 5.91 Å². The van der Waals surface area contributed by atoms with Crippen LogP contribution in [0.1, 0.15) is 11.1 Å². The Bertz CT molecular complexity index is 1480. The van der Waals surface area contributed by atoms with E-state index in [4.69, 9.17) is 19.2 Å². The summed E-state index contributed by atoms with van der Waals surface area (Å²) < 4.78 is 18.6. The molecular formula is C27H25ClN3O4S-. The summed E-state index contributed by atoms with van der Waals surface area (Å²) in [6, 6.07) is 19.9. The van der Waals surface area contributed by atoms with Crippen LogP contribution in [0.5, 0.6) is 17.2 Å². The highest BCUT2D eigenvalue weighted by Crippen LogP contribution is 2.34. The Kier molecular flexibility index (Phi) is 7.67. The molecule has 0 aliphatic carbocycles. The fraction of sp³-hybridized carbons (Fsp3) is 0.185. The fourth-order valence-electron chi connectivity index (χ4n) is 4.01. The Hall–Kier alpha value is -3.75. The molecule has 4 aromatic rings. The number of halogens is 1. The predicted octanol–water partition coefficient (Wildman–Crippen LogP) is 2.16. The Morgan fingerprint density at radius 3 is 2.67 bits per heavy atom. The van der Waals surface area contributed by atoms with Gasteiger partial charge in [0.2, 0.25) is 0 Å². The third-order valence-corrected chi connectivity index (χ3v) is 6.58. The number of aryl methyl sites for hydroxylation is 1. The maximum atomic E-state index is 11.9. The van der Waals surface area contributed by atoms with Gasteiger partial charge in [0.1, 0.15) is 5.75 Å². The summed E-state index contributed by atoms with van der Waals surface area (Å²) in [5, 5.41) is 4.98. The van der Waals surface area contributed by atoms with Gasteiger partial charge < -0.3 is 36.5 Å². The van der Waals surface area contributed by atoms with Crippen LogP contribution in [0.15, 0.2) is 71.0 Å². The molecule has 0 unspecified atom stereocenters. The molecule has 0 bridgehead atoms. The third kappa shape index (κ3) is 5.24. The molecule has 186 valence electrons. The van der Waals surface area contributed by atoms with Crippen molar-refractivity contribution in [2.45, 2.75) is 13.5 Å². The third-order valence-electron chi connectivity index (χ3n) is 5.72. The number of carbonyl (C=O) groups is 1. The summed E-state index contributed by atoms with van der Waals surface area (Å²) in [7, 11) is 3.26. The van der Waals surface area contributed by atoms with Crippen LogP contribution in [0.3, 0.4) is 0 Å². The quantitative estimate of drug-likeness (QED) is 0.421. The van der Waals surface area contributed by atoms with Gasteiger partial charge >= 0.3 is 0 Å². The molecule has 0 spiro atoms. The van der Waals surface area contributed by atoms with Crippen molar-refractivity contribution < 1.29 is 31.4 Å². The van der Waals surface area contributed by atoms with Crippen molar-refractivity contribution in [1.29, 1.82) is 0 Å². The Morgan fingerprint density at radius 1 is 1.06 bits per heavy atom. The molecular weight excluding hydrogens is 498 g/mol. The molecule has 0 saturated heterocycles. The van der Waals surface area contributed by atoms with E-state index in [2.05, 4.69) is 34.3 Å². The van der Waals surface area contributed by atoms with Crippen LogP contribution in [0, 0.1) is 6.92 Å². The molecule has 36 heavy (non-hydrogen) atoms. The number of nitrogens with one attached hydrogen (secondary N) is 1. The number of hydrogen-bond donors (Lipinski definition) is 1. The summed E-state index contributed by atoms with van der Waals surface area (Å²) >= 11 is 1.57. The summed E-state index contributed by atoms with van der Waals surface area (Å²) in [5.41, 5.74) is 5.70. The smallest absolute Gasteiger partial charge is 0.262 e. The highest BCUT2D eigenvalue weighted by Gasteiger charge is 2.18. The Labute approximate surface area is 219 Å². The van der Waals surface area contributed by atoms with Crippen LogP contribution in [0.2, 0.25) is 0 Å². The minimum Gasteiger partial charge on any atom is -1.00 e. The number of fused-ring (bicyclic) bond motifs is 1. The fourth-order valence-corrected chi connectivity index (χ4v) is 4.94. The molecule has 3 aromatic carbocycles. The lowest BCUT2D eigenvalue weighted by Gasteiger charge is -2.19. The van der Waals surface area contributed by atoms with Gasteiger partial charge in [0, 0.05) is 10.9 Å².